The summed E-state index contributed by atoms with van der Waals surface area (Å²) in [4.78, 5) is 4.47. The highest BCUT2D eigenvalue weighted by Gasteiger charge is 2.36. The molecule has 0 aromatic carbocycles. The van der Waals surface area contributed by atoms with Crippen molar-refractivity contribution in [2.45, 2.75) is 63.8 Å². The quantitative estimate of drug-likeness (QED) is 0.794. The Morgan fingerprint density at radius 3 is 2.31 bits per heavy atom. The van der Waals surface area contributed by atoms with E-state index in [1.54, 1.807) is 0 Å². The standard InChI is InChI=1S/C12H21N3O/c1-11(2,3)9-14-10(16-15-9)12(13)7-5-4-6-8-12/h4-8,13H2,1-3H3. The molecule has 0 aliphatic heterocycles. The van der Waals surface area contributed by atoms with Gasteiger partial charge in [-0.05, 0) is 12.8 Å². The van der Waals surface area contributed by atoms with Crippen molar-refractivity contribution in [2.24, 2.45) is 5.73 Å². The molecule has 1 aromatic rings. The van der Waals surface area contributed by atoms with Gasteiger partial charge in [0, 0.05) is 5.41 Å². The van der Waals surface area contributed by atoms with Gasteiger partial charge in [0.05, 0.1) is 5.54 Å². The van der Waals surface area contributed by atoms with Crippen molar-refractivity contribution in [3.05, 3.63) is 11.7 Å². The Bertz CT molecular complexity index is 359. The van der Waals surface area contributed by atoms with Crippen molar-refractivity contribution in [1.82, 2.24) is 10.1 Å². The van der Waals surface area contributed by atoms with Crippen LogP contribution in [0.5, 0.6) is 0 Å². The van der Waals surface area contributed by atoms with Crippen LogP contribution < -0.4 is 5.73 Å². The van der Waals surface area contributed by atoms with Crippen LogP contribution in [0.25, 0.3) is 0 Å². The minimum Gasteiger partial charge on any atom is -0.337 e. The van der Waals surface area contributed by atoms with E-state index in [2.05, 4.69) is 30.9 Å². The molecule has 0 saturated heterocycles. The fourth-order valence-corrected chi connectivity index (χ4v) is 2.13. The number of nitrogens with two attached hydrogens (primary N) is 1. The lowest BCUT2D eigenvalue weighted by Gasteiger charge is -2.29. The second-order valence-corrected chi connectivity index (χ2v) is 5.89. The Kier molecular flexibility index (Phi) is 2.78. The Hall–Kier alpha value is -0.900. The largest absolute Gasteiger partial charge is 0.337 e. The van der Waals surface area contributed by atoms with E-state index < -0.39 is 0 Å². The maximum absolute atomic E-state index is 6.34. The maximum atomic E-state index is 6.34. The number of nitrogens with zero attached hydrogens (tertiary/aromatic N) is 2. The van der Waals surface area contributed by atoms with Crippen molar-refractivity contribution >= 4 is 0 Å². The molecule has 2 N–H and O–H groups in total. The lowest BCUT2D eigenvalue weighted by Crippen LogP contribution is -2.39. The molecule has 0 spiro atoms. The molecule has 0 unspecified atom stereocenters. The summed E-state index contributed by atoms with van der Waals surface area (Å²) in [6.45, 7) is 6.23. The molecule has 0 bridgehead atoms. The fourth-order valence-electron chi connectivity index (χ4n) is 2.13. The number of aromatic nitrogens is 2. The van der Waals surface area contributed by atoms with Gasteiger partial charge in [-0.25, -0.2) is 0 Å². The highest BCUT2D eigenvalue weighted by atomic mass is 16.5. The first-order chi connectivity index (χ1) is 7.42. The van der Waals surface area contributed by atoms with E-state index in [4.69, 9.17) is 10.3 Å². The van der Waals surface area contributed by atoms with Crippen LogP contribution in [-0.2, 0) is 11.0 Å². The zero-order valence-electron chi connectivity index (χ0n) is 10.4. The van der Waals surface area contributed by atoms with Gasteiger partial charge in [0.25, 0.3) is 0 Å². The summed E-state index contributed by atoms with van der Waals surface area (Å²) in [5, 5.41) is 4.04. The molecule has 16 heavy (non-hydrogen) atoms. The van der Waals surface area contributed by atoms with Gasteiger partial charge >= 0.3 is 0 Å². The molecule has 90 valence electrons. The van der Waals surface area contributed by atoms with E-state index in [9.17, 15) is 0 Å². The lowest BCUT2D eigenvalue weighted by molar-refractivity contribution is 0.219. The monoisotopic (exact) mass is 223 g/mol. The molecule has 0 radical (unpaired) electrons. The molecule has 1 saturated carbocycles. The lowest BCUT2D eigenvalue weighted by atomic mass is 9.82. The predicted octanol–water partition coefficient (Wildman–Crippen LogP) is 2.49. The second-order valence-electron chi connectivity index (χ2n) is 5.89. The zero-order chi connectivity index (χ0) is 11.8. The zero-order valence-corrected chi connectivity index (χ0v) is 10.4. The third-order valence-electron chi connectivity index (χ3n) is 3.27. The average Bonchev–Trinajstić information content (AvgIpc) is 2.67. The topological polar surface area (TPSA) is 64.9 Å². The summed E-state index contributed by atoms with van der Waals surface area (Å²) in [5.74, 6) is 1.37. The van der Waals surface area contributed by atoms with Gasteiger partial charge in [-0.1, -0.05) is 45.2 Å². The van der Waals surface area contributed by atoms with Crippen LogP contribution >= 0.6 is 0 Å². The molecule has 4 heteroatoms. The van der Waals surface area contributed by atoms with E-state index in [-0.39, 0.29) is 11.0 Å². The molecule has 1 aliphatic carbocycles. The maximum Gasteiger partial charge on any atom is 0.246 e. The molecule has 1 aromatic heterocycles. The first kappa shape index (κ1) is 11.6. The summed E-state index contributed by atoms with van der Waals surface area (Å²) in [6, 6.07) is 0. The Morgan fingerprint density at radius 1 is 1.19 bits per heavy atom. The van der Waals surface area contributed by atoms with Crippen LogP contribution in [0, 0.1) is 0 Å². The molecule has 1 heterocycles. The molecular weight excluding hydrogens is 202 g/mol. The van der Waals surface area contributed by atoms with Crippen molar-refractivity contribution < 1.29 is 4.52 Å². The summed E-state index contributed by atoms with van der Waals surface area (Å²) in [6.07, 6.45) is 5.49. The van der Waals surface area contributed by atoms with Gasteiger partial charge in [0.15, 0.2) is 5.82 Å². The average molecular weight is 223 g/mol. The third kappa shape index (κ3) is 2.12. The number of hydrogen-bond donors (Lipinski definition) is 1. The molecule has 1 aliphatic rings. The van der Waals surface area contributed by atoms with Crippen LogP contribution in [0.2, 0.25) is 0 Å². The summed E-state index contributed by atoms with van der Waals surface area (Å²) >= 11 is 0. The van der Waals surface area contributed by atoms with Gasteiger partial charge in [0.1, 0.15) is 0 Å². The molecule has 4 nitrogen and oxygen atoms in total. The Balaban J connectivity index is 2.24. The molecule has 0 amide bonds. The first-order valence-electron chi connectivity index (χ1n) is 6.05. The smallest absolute Gasteiger partial charge is 0.246 e. The van der Waals surface area contributed by atoms with Crippen LogP contribution in [0.15, 0.2) is 4.52 Å². The van der Waals surface area contributed by atoms with Crippen molar-refractivity contribution in [3.8, 4) is 0 Å². The van der Waals surface area contributed by atoms with E-state index in [1.165, 1.54) is 6.42 Å². The van der Waals surface area contributed by atoms with Crippen LogP contribution in [0.4, 0.5) is 0 Å². The van der Waals surface area contributed by atoms with E-state index in [0.717, 1.165) is 31.5 Å². The number of hydrogen-bond acceptors (Lipinski definition) is 4. The van der Waals surface area contributed by atoms with Crippen molar-refractivity contribution in [3.63, 3.8) is 0 Å². The van der Waals surface area contributed by atoms with Crippen molar-refractivity contribution in [2.75, 3.05) is 0 Å². The highest BCUT2D eigenvalue weighted by molar-refractivity contribution is 5.07. The SMILES string of the molecule is CC(C)(C)c1noc(C2(N)CCCCC2)n1. The summed E-state index contributed by atoms with van der Waals surface area (Å²) < 4.78 is 5.35. The van der Waals surface area contributed by atoms with Crippen LogP contribution in [0.3, 0.4) is 0 Å². The fraction of sp³-hybridized carbons (Fsp3) is 0.833. The highest BCUT2D eigenvalue weighted by Crippen LogP contribution is 2.34. The normalized spacial score (nSPS) is 21.0. The van der Waals surface area contributed by atoms with Crippen molar-refractivity contribution in [1.29, 1.82) is 0 Å². The minimum absolute atomic E-state index is 0.0766. The van der Waals surface area contributed by atoms with E-state index >= 15 is 0 Å². The summed E-state index contributed by atoms with van der Waals surface area (Å²) in [7, 11) is 0. The van der Waals surface area contributed by atoms with Crippen LogP contribution in [-0.4, -0.2) is 10.1 Å². The van der Waals surface area contributed by atoms with Gasteiger partial charge in [-0.2, -0.15) is 4.98 Å². The van der Waals surface area contributed by atoms with Gasteiger partial charge in [-0.15, -0.1) is 0 Å². The molecule has 2 rings (SSSR count). The molecule has 1 fully saturated rings. The van der Waals surface area contributed by atoms with Crippen LogP contribution in [0.1, 0.15) is 64.6 Å². The molecular formula is C12H21N3O. The van der Waals surface area contributed by atoms with Gasteiger partial charge in [0.2, 0.25) is 5.89 Å². The first-order valence-corrected chi connectivity index (χ1v) is 6.05. The van der Waals surface area contributed by atoms with Gasteiger partial charge in [-0.3, -0.25) is 0 Å². The Labute approximate surface area is 96.6 Å². The second kappa shape index (κ2) is 3.84. The summed E-state index contributed by atoms with van der Waals surface area (Å²) in [5.41, 5.74) is 5.88. The number of rotatable bonds is 1. The minimum atomic E-state index is -0.380. The van der Waals surface area contributed by atoms with Gasteiger partial charge < -0.3 is 10.3 Å². The van der Waals surface area contributed by atoms with E-state index in [1.807, 2.05) is 0 Å². The Morgan fingerprint density at radius 2 is 1.81 bits per heavy atom. The van der Waals surface area contributed by atoms with E-state index in [0.29, 0.717) is 5.89 Å². The molecule has 0 atom stereocenters. The third-order valence-corrected chi connectivity index (χ3v) is 3.27. The predicted molar refractivity (Wildman–Crippen MR) is 61.9 cm³/mol.